The summed E-state index contributed by atoms with van der Waals surface area (Å²) in [5, 5.41) is 11.9. The van der Waals surface area contributed by atoms with E-state index in [-0.39, 0.29) is 6.10 Å². The molecule has 0 radical (unpaired) electrons. The predicted molar refractivity (Wildman–Crippen MR) is 95.6 cm³/mol. The van der Waals surface area contributed by atoms with E-state index in [4.69, 9.17) is 13.9 Å². The highest BCUT2D eigenvalue weighted by molar-refractivity contribution is 5.52. The maximum absolute atomic E-state index is 5.90. The van der Waals surface area contributed by atoms with Crippen molar-refractivity contribution >= 4 is 0 Å². The molecule has 27 heavy (non-hydrogen) atoms. The van der Waals surface area contributed by atoms with Gasteiger partial charge in [-0.05, 0) is 22.6 Å². The number of hydrogen-bond acceptors (Lipinski definition) is 8. The minimum atomic E-state index is -0.175. The van der Waals surface area contributed by atoms with Crippen molar-refractivity contribution in [3.05, 3.63) is 48.1 Å². The molecule has 1 aliphatic heterocycles. The first-order valence-corrected chi connectivity index (χ1v) is 8.92. The molecule has 0 N–H and O–H groups in total. The molecular formula is C18H22N6O3. The van der Waals surface area contributed by atoms with Crippen LogP contribution in [0, 0.1) is 0 Å². The van der Waals surface area contributed by atoms with Crippen LogP contribution in [0.15, 0.2) is 41.0 Å². The molecule has 9 heteroatoms. The van der Waals surface area contributed by atoms with Gasteiger partial charge in [-0.3, -0.25) is 4.90 Å². The molecule has 0 aliphatic carbocycles. The van der Waals surface area contributed by atoms with Gasteiger partial charge in [-0.1, -0.05) is 18.2 Å². The Morgan fingerprint density at radius 2 is 2.15 bits per heavy atom. The Bertz CT molecular complexity index is 850. The van der Waals surface area contributed by atoms with E-state index in [1.165, 1.54) is 0 Å². The lowest BCUT2D eigenvalue weighted by atomic mass is 10.2. The van der Waals surface area contributed by atoms with Gasteiger partial charge in [0.25, 0.3) is 0 Å². The molecule has 1 aliphatic rings. The molecule has 0 amide bonds. The van der Waals surface area contributed by atoms with Crippen LogP contribution >= 0.6 is 0 Å². The van der Waals surface area contributed by atoms with Gasteiger partial charge in [0.1, 0.15) is 12.4 Å². The Morgan fingerprint density at radius 3 is 3.00 bits per heavy atom. The fraction of sp³-hybridized carbons (Fsp3) is 0.444. The number of morpholine rings is 1. The third-order valence-corrected chi connectivity index (χ3v) is 4.46. The van der Waals surface area contributed by atoms with E-state index >= 15 is 0 Å². The Labute approximate surface area is 156 Å². The van der Waals surface area contributed by atoms with Gasteiger partial charge in [-0.2, -0.15) is 0 Å². The summed E-state index contributed by atoms with van der Waals surface area (Å²) < 4.78 is 18.4. The Morgan fingerprint density at radius 1 is 1.26 bits per heavy atom. The summed E-state index contributed by atoms with van der Waals surface area (Å²) in [5.74, 6) is 1.36. The largest absolute Gasteiger partial charge is 0.444 e. The second kappa shape index (κ2) is 8.38. The van der Waals surface area contributed by atoms with Crippen LogP contribution in [-0.4, -0.2) is 63.5 Å². The second-order valence-electron chi connectivity index (χ2n) is 6.36. The maximum atomic E-state index is 5.90. The number of oxazole rings is 1. The lowest BCUT2D eigenvalue weighted by molar-refractivity contribution is -0.0400. The summed E-state index contributed by atoms with van der Waals surface area (Å²) in [6.45, 7) is 3.98. The molecule has 0 spiro atoms. The van der Waals surface area contributed by atoms with Crippen molar-refractivity contribution in [2.45, 2.75) is 19.2 Å². The minimum absolute atomic E-state index is 0.175. The van der Waals surface area contributed by atoms with E-state index in [2.05, 4.69) is 25.4 Å². The van der Waals surface area contributed by atoms with Crippen LogP contribution in [0.5, 0.6) is 0 Å². The molecule has 2 aromatic heterocycles. The summed E-state index contributed by atoms with van der Waals surface area (Å²) in [5.41, 5.74) is 1.87. The third kappa shape index (κ3) is 4.21. The highest BCUT2D eigenvalue weighted by Crippen LogP contribution is 2.23. The molecule has 3 aromatic rings. The van der Waals surface area contributed by atoms with Crippen LogP contribution in [0.4, 0.5) is 0 Å². The summed E-state index contributed by atoms with van der Waals surface area (Å²) in [4.78, 5) is 6.88. The van der Waals surface area contributed by atoms with Gasteiger partial charge >= 0.3 is 0 Å². The number of benzene rings is 1. The van der Waals surface area contributed by atoms with Gasteiger partial charge in [-0.25, -0.2) is 9.67 Å². The zero-order chi connectivity index (χ0) is 18.5. The van der Waals surface area contributed by atoms with E-state index < -0.39 is 0 Å². The van der Waals surface area contributed by atoms with Gasteiger partial charge < -0.3 is 13.9 Å². The van der Waals surface area contributed by atoms with Crippen LogP contribution in [0.1, 0.15) is 17.6 Å². The van der Waals surface area contributed by atoms with Crippen molar-refractivity contribution in [3.8, 4) is 11.5 Å². The van der Waals surface area contributed by atoms with E-state index in [1.807, 2.05) is 30.3 Å². The minimum Gasteiger partial charge on any atom is -0.444 e. The predicted octanol–water partition coefficient (Wildman–Crippen LogP) is 1.55. The normalized spacial score (nSPS) is 18.0. The van der Waals surface area contributed by atoms with Gasteiger partial charge in [0.2, 0.25) is 5.89 Å². The average Bonchev–Trinajstić information content (AvgIpc) is 3.37. The molecule has 9 nitrogen and oxygen atoms in total. The smallest absolute Gasteiger partial charge is 0.226 e. The van der Waals surface area contributed by atoms with Gasteiger partial charge in [0.05, 0.1) is 25.5 Å². The molecule has 0 unspecified atom stereocenters. The maximum Gasteiger partial charge on any atom is 0.226 e. The molecular weight excluding hydrogens is 348 g/mol. The quantitative estimate of drug-likeness (QED) is 0.619. The van der Waals surface area contributed by atoms with Gasteiger partial charge in [0, 0.05) is 32.3 Å². The molecule has 1 atom stereocenters. The molecule has 0 bridgehead atoms. The lowest BCUT2D eigenvalue weighted by Gasteiger charge is -2.31. The number of hydrogen-bond donors (Lipinski definition) is 0. The standard InChI is InChI=1S/C18H22N6O3/c1-25-9-8-24-17(20-21-22-24)16-12-23(7-10-26-16)11-15-13-27-18(19-15)14-5-3-2-4-6-14/h2-6,13,16H,7-12H2,1H3/t16-/m0/s1. The third-order valence-electron chi connectivity index (χ3n) is 4.46. The monoisotopic (exact) mass is 370 g/mol. The first-order valence-electron chi connectivity index (χ1n) is 8.92. The molecule has 4 rings (SSSR count). The van der Waals surface area contributed by atoms with Crippen molar-refractivity contribution in [3.63, 3.8) is 0 Å². The van der Waals surface area contributed by atoms with Crippen molar-refractivity contribution < 1.29 is 13.9 Å². The van der Waals surface area contributed by atoms with Crippen LogP contribution in [-0.2, 0) is 22.6 Å². The number of aromatic nitrogens is 5. The molecule has 142 valence electrons. The average molecular weight is 370 g/mol. The second-order valence-corrected chi connectivity index (χ2v) is 6.36. The molecule has 0 saturated carbocycles. The Kier molecular flexibility index (Phi) is 5.52. The van der Waals surface area contributed by atoms with Gasteiger partial charge in [0.15, 0.2) is 5.82 Å². The highest BCUT2D eigenvalue weighted by atomic mass is 16.5. The molecule has 1 fully saturated rings. The van der Waals surface area contributed by atoms with E-state index in [0.29, 0.717) is 38.7 Å². The van der Waals surface area contributed by atoms with Crippen molar-refractivity contribution in [2.75, 3.05) is 33.4 Å². The molecule has 3 heterocycles. The molecule has 1 aromatic carbocycles. The summed E-state index contributed by atoms with van der Waals surface area (Å²) in [7, 11) is 1.66. The van der Waals surface area contributed by atoms with E-state index in [9.17, 15) is 0 Å². The fourth-order valence-electron chi connectivity index (χ4n) is 3.10. The number of rotatable bonds is 7. The SMILES string of the molecule is COCCn1nnnc1[C@@H]1CN(Cc2coc(-c3ccccc3)n2)CCO1. The van der Waals surface area contributed by atoms with Crippen LogP contribution in [0.2, 0.25) is 0 Å². The Balaban J connectivity index is 1.41. The number of methoxy groups -OCH3 is 1. The fourth-order valence-corrected chi connectivity index (χ4v) is 3.10. The zero-order valence-corrected chi connectivity index (χ0v) is 15.2. The first kappa shape index (κ1) is 17.8. The molecule has 1 saturated heterocycles. The highest BCUT2D eigenvalue weighted by Gasteiger charge is 2.27. The van der Waals surface area contributed by atoms with Crippen molar-refractivity contribution in [1.29, 1.82) is 0 Å². The van der Waals surface area contributed by atoms with E-state index in [0.717, 1.165) is 23.6 Å². The van der Waals surface area contributed by atoms with Crippen molar-refractivity contribution in [2.24, 2.45) is 0 Å². The van der Waals surface area contributed by atoms with E-state index in [1.54, 1.807) is 18.1 Å². The van der Waals surface area contributed by atoms with Crippen LogP contribution < -0.4 is 0 Å². The zero-order valence-electron chi connectivity index (χ0n) is 15.2. The number of ether oxygens (including phenoxy) is 2. The summed E-state index contributed by atoms with van der Waals surface area (Å²) in [6, 6.07) is 9.89. The van der Waals surface area contributed by atoms with Crippen LogP contribution in [0.3, 0.4) is 0 Å². The first-order chi connectivity index (χ1) is 13.3. The van der Waals surface area contributed by atoms with Crippen molar-refractivity contribution in [1.82, 2.24) is 30.1 Å². The summed E-state index contributed by atoms with van der Waals surface area (Å²) in [6.07, 6.45) is 1.54. The van der Waals surface area contributed by atoms with Crippen LogP contribution in [0.25, 0.3) is 11.5 Å². The van der Waals surface area contributed by atoms with Gasteiger partial charge in [-0.15, -0.1) is 5.10 Å². The lowest BCUT2D eigenvalue weighted by Crippen LogP contribution is -2.39. The number of nitrogens with zero attached hydrogens (tertiary/aromatic N) is 6. The Hall–Kier alpha value is -2.62. The number of tetrazole rings is 1. The topological polar surface area (TPSA) is 91.3 Å². The summed E-state index contributed by atoms with van der Waals surface area (Å²) >= 11 is 0.